The number of nitrogens with two attached hydrogens (primary N) is 1. The third-order valence-corrected chi connectivity index (χ3v) is 2.34. The monoisotopic (exact) mass is 240 g/mol. The van der Waals surface area contributed by atoms with Crippen LogP contribution in [0.4, 0.5) is 17.3 Å². The highest BCUT2D eigenvalue weighted by atomic mass is 16.6. The minimum Gasteiger partial charge on any atom is -0.391 e. The molecule has 94 valence electrons. The molecule has 4 N–H and O–H groups in total. The molecule has 1 rings (SSSR count). The Kier molecular flexibility index (Phi) is 4.22. The third-order valence-electron chi connectivity index (χ3n) is 2.34. The number of nitrogens with zero attached hydrogens (tertiary/aromatic N) is 2. The molecule has 0 aliphatic heterocycles. The van der Waals surface area contributed by atoms with E-state index in [-0.39, 0.29) is 29.8 Å². The largest absolute Gasteiger partial charge is 0.391 e. The Morgan fingerprint density at radius 1 is 1.59 bits per heavy atom. The zero-order valence-electron chi connectivity index (χ0n) is 9.75. The quantitative estimate of drug-likeness (QED) is 0.522. The van der Waals surface area contributed by atoms with Crippen LogP contribution < -0.4 is 11.1 Å². The van der Waals surface area contributed by atoms with Gasteiger partial charge in [0, 0.05) is 12.6 Å². The van der Waals surface area contributed by atoms with E-state index in [2.05, 4.69) is 10.3 Å². The molecule has 0 spiro atoms. The minimum atomic E-state index is -0.599. The lowest BCUT2D eigenvalue weighted by molar-refractivity contribution is -0.384. The lowest BCUT2D eigenvalue weighted by atomic mass is 10.1. The van der Waals surface area contributed by atoms with E-state index in [1.54, 1.807) is 0 Å². The van der Waals surface area contributed by atoms with Crippen molar-refractivity contribution in [3.05, 3.63) is 22.2 Å². The summed E-state index contributed by atoms with van der Waals surface area (Å²) in [5.74, 6) is 0.328. The van der Waals surface area contributed by atoms with Crippen LogP contribution in [0, 0.1) is 16.0 Å². The first kappa shape index (κ1) is 13.2. The van der Waals surface area contributed by atoms with E-state index in [9.17, 15) is 15.2 Å². The molecule has 1 atom stereocenters. The SMILES string of the molecule is CC(C)C(O)CNc1nc(N)ccc1[N+](=O)[O-]. The van der Waals surface area contributed by atoms with E-state index in [0.29, 0.717) is 0 Å². The molecule has 1 aromatic rings. The Labute approximate surface area is 98.8 Å². The van der Waals surface area contributed by atoms with Gasteiger partial charge in [-0.25, -0.2) is 4.98 Å². The van der Waals surface area contributed by atoms with Gasteiger partial charge in [-0.05, 0) is 12.0 Å². The van der Waals surface area contributed by atoms with Crippen LogP contribution >= 0.6 is 0 Å². The molecule has 7 heteroatoms. The summed E-state index contributed by atoms with van der Waals surface area (Å²) in [6.45, 7) is 3.90. The molecule has 0 aliphatic carbocycles. The van der Waals surface area contributed by atoms with Gasteiger partial charge < -0.3 is 16.2 Å². The van der Waals surface area contributed by atoms with Gasteiger partial charge in [0.2, 0.25) is 5.82 Å². The first-order chi connectivity index (χ1) is 7.91. The minimum absolute atomic E-state index is 0.0580. The third kappa shape index (κ3) is 3.56. The molecule has 0 fully saturated rings. The van der Waals surface area contributed by atoms with Crippen LogP contribution in [0.2, 0.25) is 0 Å². The van der Waals surface area contributed by atoms with E-state index < -0.39 is 11.0 Å². The zero-order valence-corrected chi connectivity index (χ0v) is 9.75. The highest BCUT2D eigenvalue weighted by molar-refractivity contribution is 5.59. The molecule has 0 saturated heterocycles. The second-order valence-corrected chi connectivity index (χ2v) is 4.05. The summed E-state index contributed by atoms with van der Waals surface area (Å²) in [7, 11) is 0. The van der Waals surface area contributed by atoms with Crippen LogP contribution in [0.25, 0.3) is 0 Å². The van der Waals surface area contributed by atoms with Crippen molar-refractivity contribution >= 4 is 17.3 Å². The number of aromatic nitrogens is 1. The number of pyridine rings is 1. The standard InChI is InChI=1S/C10H16N4O3/c1-6(2)8(15)5-12-10-7(14(16)17)3-4-9(11)13-10/h3-4,6,8,15H,5H2,1-2H3,(H3,11,12,13). The fourth-order valence-electron chi connectivity index (χ4n) is 1.18. The molecule has 1 unspecified atom stereocenters. The molecular formula is C10H16N4O3. The van der Waals surface area contributed by atoms with E-state index in [4.69, 9.17) is 5.73 Å². The maximum absolute atomic E-state index is 10.7. The number of anilines is 2. The van der Waals surface area contributed by atoms with Gasteiger partial charge in [-0.3, -0.25) is 10.1 Å². The summed E-state index contributed by atoms with van der Waals surface area (Å²) in [5.41, 5.74) is 5.30. The number of aliphatic hydroxyl groups excluding tert-OH is 1. The number of hydrogen-bond donors (Lipinski definition) is 3. The Bertz CT molecular complexity index is 409. The van der Waals surface area contributed by atoms with Crippen molar-refractivity contribution in [2.24, 2.45) is 5.92 Å². The van der Waals surface area contributed by atoms with Crippen LogP contribution in [0.15, 0.2) is 12.1 Å². The average Bonchev–Trinajstić information content (AvgIpc) is 2.25. The van der Waals surface area contributed by atoms with E-state index in [0.717, 1.165) is 0 Å². The second-order valence-electron chi connectivity index (χ2n) is 4.05. The number of nitro groups is 1. The van der Waals surface area contributed by atoms with Gasteiger partial charge >= 0.3 is 5.69 Å². The summed E-state index contributed by atoms with van der Waals surface area (Å²) in [6, 6.07) is 2.65. The van der Waals surface area contributed by atoms with Crippen molar-refractivity contribution in [1.29, 1.82) is 0 Å². The predicted molar refractivity (Wildman–Crippen MR) is 64.6 cm³/mol. The second kappa shape index (κ2) is 5.44. The Morgan fingerprint density at radius 3 is 2.76 bits per heavy atom. The number of nitrogens with one attached hydrogen (secondary N) is 1. The fourth-order valence-corrected chi connectivity index (χ4v) is 1.18. The molecule has 0 amide bonds. The smallest absolute Gasteiger partial charge is 0.311 e. The molecule has 0 bridgehead atoms. The molecular weight excluding hydrogens is 224 g/mol. The van der Waals surface area contributed by atoms with Crippen LogP contribution in [0.3, 0.4) is 0 Å². The number of rotatable bonds is 5. The number of nitrogen functional groups attached to an aromatic ring is 1. The van der Waals surface area contributed by atoms with Crippen molar-refractivity contribution in [2.45, 2.75) is 20.0 Å². The van der Waals surface area contributed by atoms with Gasteiger partial charge in [0.25, 0.3) is 0 Å². The Morgan fingerprint density at radius 2 is 2.24 bits per heavy atom. The van der Waals surface area contributed by atoms with Crippen LogP contribution in [0.1, 0.15) is 13.8 Å². The Balaban J connectivity index is 2.82. The normalized spacial score (nSPS) is 12.5. The molecule has 1 heterocycles. The van der Waals surface area contributed by atoms with Gasteiger partial charge in [0.1, 0.15) is 5.82 Å². The fraction of sp³-hybridized carbons (Fsp3) is 0.500. The highest BCUT2D eigenvalue weighted by Gasteiger charge is 2.17. The summed E-state index contributed by atoms with van der Waals surface area (Å²) in [5, 5.41) is 23.1. The lowest BCUT2D eigenvalue weighted by Gasteiger charge is -2.15. The molecule has 1 aromatic heterocycles. The van der Waals surface area contributed by atoms with Crippen LogP contribution in [0.5, 0.6) is 0 Å². The number of hydrogen-bond acceptors (Lipinski definition) is 6. The maximum Gasteiger partial charge on any atom is 0.311 e. The van der Waals surface area contributed by atoms with Gasteiger partial charge in [-0.15, -0.1) is 0 Å². The molecule has 0 saturated carbocycles. The zero-order chi connectivity index (χ0) is 13.0. The van der Waals surface area contributed by atoms with Crippen molar-refractivity contribution < 1.29 is 10.0 Å². The first-order valence-electron chi connectivity index (χ1n) is 5.24. The van der Waals surface area contributed by atoms with Gasteiger partial charge in [0.05, 0.1) is 11.0 Å². The van der Waals surface area contributed by atoms with Gasteiger partial charge in [0.15, 0.2) is 0 Å². The lowest BCUT2D eigenvalue weighted by Crippen LogP contribution is -2.25. The first-order valence-corrected chi connectivity index (χ1v) is 5.24. The highest BCUT2D eigenvalue weighted by Crippen LogP contribution is 2.22. The van der Waals surface area contributed by atoms with E-state index in [1.807, 2.05) is 13.8 Å². The van der Waals surface area contributed by atoms with Crippen molar-refractivity contribution in [1.82, 2.24) is 4.98 Å². The van der Waals surface area contributed by atoms with E-state index in [1.165, 1.54) is 12.1 Å². The molecule has 0 aliphatic rings. The number of aliphatic hydroxyl groups is 1. The van der Waals surface area contributed by atoms with E-state index >= 15 is 0 Å². The Hall–Kier alpha value is -1.89. The maximum atomic E-state index is 10.7. The average molecular weight is 240 g/mol. The summed E-state index contributed by atoms with van der Waals surface area (Å²) in [6.07, 6.45) is -0.599. The molecule has 0 radical (unpaired) electrons. The van der Waals surface area contributed by atoms with Crippen molar-refractivity contribution in [3.63, 3.8) is 0 Å². The summed E-state index contributed by atoms with van der Waals surface area (Å²) < 4.78 is 0. The van der Waals surface area contributed by atoms with Crippen LogP contribution in [-0.4, -0.2) is 27.7 Å². The molecule has 17 heavy (non-hydrogen) atoms. The summed E-state index contributed by atoms with van der Waals surface area (Å²) in [4.78, 5) is 14.0. The predicted octanol–water partition coefficient (Wildman–Crippen LogP) is 1.00. The van der Waals surface area contributed by atoms with Gasteiger partial charge in [-0.1, -0.05) is 13.8 Å². The van der Waals surface area contributed by atoms with Crippen molar-refractivity contribution in [2.75, 3.05) is 17.6 Å². The summed E-state index contributed by atoms with van der Waals surface area (Å²) >= 11 is 0. The van der Waals surface area contributed by atoms with Gasteiger partial charge in [-0.2, -0.15) is 0 Å². The molecule has 7 nitrogen and oxygen atoms in total. The molecule has 0 aromatic carbocycles. The van der Waals surface area contributed by atoms with Crippen molar-refractivity contribution in [3.8, 4) is 0 Å². The topological polar surface area (TPSA) is 114 Å². The van der Waals surface area contributed by atoms with Crippen LogP contribution in [-0.2, 0) is 0 Å².